The Kier molecular flexibility index (Phi) is 4.68. The molecule has 104 valence electrons. The van der Waals surface area contributed by atoms with Gasteiger partial charge < -0.3 is 5.32 Å². The van der Waals surface area contributed by atoms with E-state index in [0.717, 1.165) is 5.56 Å². The highest BCUT2D eigenvalue weighted by atomic mass is 32.2. The van der Waals surface area contributed by atoms with Gasteiger partial charge in [0.1, 0.15) is 6.04 Å². The lowest BCUT2D eigenvalue weighted by Crippen LogP contribution is -2.22. The fourth-order valence-electron chi connectivity index (χ4n) is 1.69. The zero-order valence-electron chi connectivity index (χ0n) is 11.2. The molecule has 1 aromatic rings. The molecular weight excluding hydrogens is 274 g/mol. The van der Waals surface area contributed by atoms with Crippen molar-refractivity contribution in [1.82, 2.24) is 0 Å². The molecule has 0 aromatic heterocycles. The summed E-state index contributed by atoms with van der Waals surface area (Å²) < 4.78 is 0. The molecule has 2 unspecified atom stereocenters. The standard InChI is InChI=1S/C14H15N3O2S/c1-9(20-2)14(19)15-11-5-3-4-10(8-11)12-6-7-13(18)17-16-12/h3-9,12H,1-2H3,(H,15,19). The topological polar surface area (TPSA) is 70.9 Å². The smallest absolute Gasteiger partial charge is 0.287 e. The number of rotatable bonds is 4. The number of amides is 2. The molecule has 1 heterocycles. The Morgan fingerprint density at radius 2 is 2.25 bits per heavy atom. The van der Waals surface area contributed by atoms with Crippen LogP contribution >= 0.6 is 11.8 Å². The number of carbonyl (C=O) groups is 2. The van der Waals surface area contributed by atoms with Crippen molar-refractivity contribution in [3.8, 4) is 0 Å². The summed E-state index contributed by atoms with van der Waals surface area (Å²) in [5.74, 6) is -0.384. The molecule has 0 bridgehead atoms. The van der Waals surface area contributed by atoms with Crippen LogP contribution in [-0.4, -0.2) is 23.3 Å². The molecule has 0 fully saturated rings. The average molecular weight is 289 g/mol. The Morgan fingerprint density at radius 1 is 1.45 bits per heavy atom. The van der Waals surface area contributed by atoms with Crippen LogP contribution in [0.1, 0.15) is 18.5 Å². The Bertz CT molecular complexity index is 568. The van der Waals surface area contributed by atoms with Crippen molar-refractivity contribution < 1.29 is 9.59 Å². The molecule has 6 heteroatoms. The highest BCUT2D eigenvalue weighted by molar-refractivity contribution is 7.99. The summed E-state index contributed by atoms with van der Waals surface area (Å²) in [6.07, 6.45) is 4.99. The maximum atomic E-state index is 11.8. The van der Waals surface area contributed by atoms with Crippen molar-refractivity contribution >= 4 is 29.3 Å². The molecule has 1 aliphatic heterocycles. The third kappa shape index (κ3) is 3.54. The van der Waals surface area contributed by atoms with Crippen LogP contribution in [-0.2, 0) is 9.59 Å². The van der Waals surface area contributed by atoms with Gasteiger partial charge in [0, 0.05) is 11.8 Å². The molecule has 5 nitrogen and oxygen atoms in total. The third-order valence-electron chi connectivity index (χ3n) is 2.92. The van der Waals surface area contributed by atoms with Gasteiger partial charge in [0.15, 0.2) is 0 Å². The highest BCUT2D eigenvalue weighted by Crippen LogP contribution is 2.24. The van der Waals surface area contributed by atoms with E-state index in [9.17, 15) is 9.59 Å². The number of hydrogen-bond donors (Lipinski definition) is 1. The minimum absolute atomic E-state index is 0.0364. The van der Waals surface area contributed by atoms with E-state index in [0.29, 0.717) is 5.69 Å². The number of benzene rings is 1. The van der Waals surface area contributed by atoms with E-state index in [2.05, 4.69) is 15.5 Å². The van der Waals surface area contributed by atoms with Crippen molar-refractivity contribution in [3.05, 3.63) is 42.0 Å². The summed E-state index contributed by atoms with van der Waals surface area (Å²) in [7, 11) is 0. The summed E-state index contributed by atoms with van der Waals surface area (Å²) in [6, 6.07) is 7.12. The Morgan fingerprint density at radius 3 is 2.90 bits per heavy atom. The first-order valence-electron chi connectivity index (χ1n) is 6.17. The predicted molar refractivity (Wildman–Crippen MR) is 79.8 cm³/mol. The summed E-state index contributed by atoms with van der Waals surface area (Å²) >= 11 is 1.49. The van der Waals surface area contributed by atoms with Crippen molar-refractivity contribution in [2.75, 3.05) is 11.6 Å². The molecule has 1 aromatic carbocycles. The van der Waals surface area contributed by atoms with Gasteiger partial charge in [-0.15, -0.1) is 5.11 Å². The summed E-state index contributed by atoms with van der Waals surface area (Å²) in [6.45, 7) is 1.85. The second kappa shape index (κ2) is 6.47. The molecule has 1 aliphatic rings. The van der Waals surface area contributed by atoms with Crippen LogP contribution in [0.5, 0.6) is 0 Å². The van der Waals surface area contributed by atoms with Crippen LogP contribution in [0.25, 0.3) is 0 Å². The Hall–Kier alpha value is -1.95. The van der Waals surface area contributed by atoms with E-state index in [1.807, 2.05) is 37.4 Å². The van der Waals surface area contributed by atoms with Crippen LogP contribution in [0, 0.1) is 0 Å². The van der Waals surface area contributed by atoms with Gasteiger partial charge in [-0.1, -0.05) is 12.1 Å². The molecule has 2 rings (SSSR count). The van der Waals surface area contributed by atoms with Gasteiger partial charge in [0.25, 0.3) is 5.91 Å². The van der Waals surface area contributed by atoms with Crippen LogP contribution in [0.15, 0.2) is 46.6 Å². The minimum Gasteiger partial charge on any atom is -0.325 e. The first-order chi connectivity index (χ1) is 9.60. The van der Waals surface area contributed by atoms with Gasteiger partial charge in [-0.2, -0.15) is 16.9 Å². The monoisotopic (exact) mass is 289 g/mol. The van der Waals surface area contributed by atoms with Crippen LogP contribution in [0.2, 0.25) is 0 Å². The summed E-state index contributed by atoms with van der Waals surface area (Å²) in [5, 5.41) is 10.2. The fourth-order valence-corrected chi connectivity index (χ4v) is 1.97. The SMILES string of the molecule is CSC(C)C(=O)Nc1cccc(C2C=CC(=O)N=N2)c1. The Labute approximate surface area is 121 Å². The fraction of sp³-hybridized carbons (Fsp3) is 0.286. The molecule has 0 saturated carbocycles. The number of hydrogen-bond acceptors (Lipinski definition) is 4. The number of anilines is 1. The van der Waals surface area contributed by atoms with Gasteiger partial charge in [-0.05, 0) is 37.0 Å². The minimum atomic E-state index is -0.348. The van der Waals surface area contributed by atoms with E-state index in [-0.39, 0.29) is 23.1 Å². The van der Waals surface area contributed by atoms with Crippen molar-refractivity contribution in [3.63, 3.8) is 0 Å². The molecular formula is C14H15N3O2S. The molecule has 0 radical (unpaired) electrons. The highest BCUT2D eigenvalue weighted by Gasteiger charge is 2.14. The largest absolute Gasteiger partial charge is 0.325 e. The number of azo groups is 1. The van der Waals surface area contributed by atoms with E-state index in [4.69, 9.17) is 0 Å². The lowest BCUT2D eigenvalue weighted by Gasteiger charge is -2.13. The molecule has 20 heavy (non-hydrogen) atoms. The number of nitrogens with one attached hydrogen (secondary N) is 1. The van der Waals surface area contributed by atoms with Crippen molar-refractivity contribution in [2.24, 2.45) is 10.2 Å². The van der Waals surface area contributed by atoms with Crippen molar-refractivity contribution in [2.45, 2.75) is 18.2 Å². The van der Waals surface area contributed by atoms with E-state index in [1.165, 1.54) is 17.8 Å². The van der Waals surface area contributed by atoms with Gasteiger partial charge >= 0.3 is 0 Å². The van der Waals surface area contributed by atoms with E-state index >= 15 is 0 Å². The number of carbonyl (C=O) groups excluding carboxylic acids is 2. The van der Waals surface area contributed by atoms with Gasteiger partial charge in [0.2, 0.25) is 5.91 Å². The first kappa shape index (κ1) is 14.5. The lowest BCUT2D eigenvalue weighted by atomic mass is 10.1. The second-order valence-corrected chi connectivity index (χ2v) is 5.53. The Balaban J connectivity index is 2.12. The van der Waals surface area contributed by atoms with Crippen LogP contribution in [0.4, 0.5) is 5.69 Å². The molecule has 0 saturated heterocycles. The number of thioether (sulfide) groups is 1. The molecule has 0 aliphatic carbocycles. The zero-order chi connectivity index (χ0) is 14.5. The normalized spacial score (nSPS) is 18.9. The lowest BCUT2D eigenvalue weighted by molar-refractivity contribution is -0.115. The van der Waals surface area contributed by atoms with Gasteiger partial charge in [0.05, 0.1) is 5.25 Å². The number of nitrogens with zero attached hydrogens (tertiary/aromatic N) is 2. The first-order valence-corrected chi connectivity index (χ1v) is 7.45. The van der Waals surface area contributed by atoms with E-state index < -0.39 is 0 Å². The van der Waals surface area contributed by atoms with Crippen LogP contribution in [0.3, 0.4) is 0 Å². The van der Waals surface area contributed by atoms with E-state index in [1.54, 1.807) is 6.08 Å². The van der Waals surface area contributed by atoms with Crippen LogP contribution < -0.4 is 5.32 Å². The molecule has 1 N–H and O–H groups in total. The maximum absolute atomic E-state index is 11.8. The van der Waals surface area contributed by atoms with Gasteiger partial charge in [-0.3, -0.25) is 9.59 Å². The second-order valence-electron chi connectivity index (χ2n) is 4.35. The molecule has 2 atom stereocenters. The average Bonchev–Trinajstić information content (AvgIpc) is 2.47. The summed E-state index contributed by atoms with van der Waals surface area (Å²) in [4.78, 5) is 22.8. The summed E-state index contributed by atoms with van der Waals surface area (Å²) in [5.41, 5.74) is 1.60. The molecule has 0 spiro atoms. The maximum Gasteiger partial charge on any atom is 0.287 e. The van der Waals surface area contributed by atoms with Gasteiger partial charge in [-0.25, -0.2) is 0 Å². The predicted octanol–water partition coefficient (Wildman–Crippen LogP) is 2.97. The molecule has 2 amide bonds. The zero-order valence-corrected chi connectivity index (χ0v) is 12.1. The third-order valence-corrected chi connectivity index (χ3v) is 3.84. The van der Waals surface area contributed by atoms with Crippen molar-refractivity contribution in [1.29, 1.82) is 0 Å². The quantitative estimate of drug-likeness (QED) is 0.926.